The van der Waals surface area contributed by atoms with Gasteiger partial charge >= 0.3 is 0 Å². The van der Waals surface area contributed by atoms with Crippen molar-refractivity contribution in [3.63, 3.8) is 0 Å². The highest BCUT2D eigenvalue weighted by atomic mass is 15.3. The number of benzene rings is 1. The number of hydrogen-bond acceptors (Lipinski definition) is 3. The number of nitrogens with zero attached hydrogens (tertiary/aromatic N) is 6. The number of aromatic nitrogens is 4. The number of aliphatic imine (C=N–C) groups is 1. The van der Waals surface area contributed by atoms with Crippen LogP contribution in [0.5, 0.6) is 0 Å². The smallest absolute Gasteiger partial charge is 0.193 e. The van der Waals surface area contributed by atoms with Crippen LogP contribution in [-0.2, 0) is 13.6 Å². The van der Waals surface area contributed by atoms with E-state index in [0.29, 0.717) is 5.92 Å². The van der Waals surface area contributed by atoms with E-state index in [4.69, 9.17) is 0 Å². The van der Waals surface area contributed by atoms with Gasteiger partial charge in [-0.15, -0.1) is 0 Å². The van der Waals surface area contributed by atoms with E-state index in [2.05, 4.69) is 54.3 Å². The monoisotopic (exact) mass is 365 g/mol. The van der Waals surface area contributed by atoms with E-state index in [-0.39, 0.29) is 0 Å². The van der Waals surface area contributed by atoms with E-state index in [1.165, 1.54) is 11.1 Å². The predicted octanol–water partition coefficient (Wildman–Crippen LogP) is 2.22. The topological polar surface area (TPSA) is 63.3 Å². The van der Waals surface area contributed by atoms with Gasteiger partial charge in [0, 0.05) is 52.4 Å². The molecule has 27 heavy (non-hydrogen) atoms. The molecule has 7 heteroatoms. The number of para-hydroxylation sites is 2. The highest BCUT2D eigenvalue weighted by Gasteiger charge is 2.26. The molecule has 1 atom stereocenters. The van der Waals surface area contributed by atoms with Gasteiger partial charge in [-0.25, -0.2) is 4.98 Å². The van der Waals surface area contributed by atoms with Gasteiger partial charge in [0.2, 0.25) is 0 Å². The molecule has 1 unspecified atom stereocenters. The normalized spacial score (nSPS) is 17.8. The van der Waals surface area contributed by atoms with E-state index < -0.39 is 0 Å². The molecule has 1 N–H and O–H groups in total. The average Bonchev–Trinajstić information content (AvgIpc) is 3.41. The Morgan fingerprint density at radius 1 is 1.33 bits per heavy atom. The lowest BCUT2D eigenvalue weighted by molar-refractivity contribution is 0.482. The zero-order chi connectivity index (χ0) is 18.6. The highest BCUT2D eigenvalue weighted by molar-refractivity contribution is 5.80. The molecule has 3 heterocycles. The first-order valence-corrected chi connectivity index (χ1v) is 9.58. The van der Waals surface area contributed by atoms with Crippen LogP contribution >= 0.6 is 0 Å². The third-order valence-corrected chi connectivity index (χ3v) is 5.28. The molecule has 0 bridgehead atoms. The summed E-state index contributed by atoms with van der Waals surface area (Å²) in [6.07, 6.45) is 8.21. The molecule has 1 aliphatic rings. The van der Waals surface area contributed by atoms with Crippen LogP contribution in [-0.4, -0.2) is 56.9 Å². The second-order valence-corrected chi connectivity index (χ2v) is 7.13. The molecular weight excluding hydrogens is 338 g/mol. The molecule has 1 fully saturated rings. The first kappa shape index (κ1) is 17.6. The summed E-state index contributed by atoms with van der Waals surface area (Å²) < 4.78 is 4.10. The number of guanidine groups is 1. The number of hydrogen-bond donors (Lipinski definition) is 1. The van der Waals surface area contributed by atoms with Crippen LogP contribution in [0.3, 0.4) is 0 Å². The quantitative estimate of drug-likeness (QED) is 0.428. The Labute approximate surface area is 159 Å². The molecule has 0 spiro atoms. The maximum atomic E-state index is 4.48. The van der Waals surface area contributed by atoms with Crippen molar-refractivity contribution in [2.75, 3.05) is 26.7 Å². The van der Waals surface area contributed by atoms with Crippen LogP contribution in [0.1, 0.15) is 24.3 Å². The molecule has 0 radical (unpaired) electrons. The number of rotatable bonds is 5. The highest BCUT2D eigenvalue weighted by Crippen LogP contribution is 2.26. The molecule has 1 aromatic carbocycles. The van der Waals surface area contributed by atoms with Crippen LogP contribution in [0.2, 0.25) is 0 Å². The molecule has 1 aliphatic heterocycles. The summed E-state index contributed by atoms with van der Waals surface area (Å²) >= 11 is 0. The number of aryl methyl sites for hydroxylation is 2. The van der Waals surface area contributed by atoms with E-state index in [0.717, 1.165) is 50.5 Å². The summed E-state index contributed by atoms with van der Waals surface area (Å²) in [4.78, 5) is 11.3. The fourth-order valence-corrected chi connectivity index (χ4v) is 3.85. The minimum Gasteiger partial charge on any atom is -0.356 e. The van der Waals surface area contributed by atoms with Gasteiger partial charge in [0.15, 0.2) is 5.96 Å². The van der Waals surface area contributed by atoms with Crippen LogP contribution in [0.4, 0.5) is 0 Å². The maximum absolute atomic E-state index is 4.48. The van der Waals surface area contributed by atoms with Gasteiger partial charge in [0.05, 0.1) is 23.6 Å². The Hall–Kier alpha value is -2.83. The van der Waals surface area contributed by atoms with E-state index in [1.54, 1.807) is 0 Å². The van der Waals surface area contributed by atoms with Crippen molar-refractivity contribution < 1.29 is 0 Å². The molecule has 2 aromatic heterocycles. The number of imidazole rings is 1. The minimum absolute atomic E-state index is 0.537. The SMILES string of the molecule is CN=C(NCCCn1cnc2ccccc21)N1CCC(c2cnn(C)c2)C1. The molecule has 142 valence electrons. The first-order chi connectivity index (χ1) is 13.2. The van der Waals surface area contributed by atoms with Gasteiger partial charge in [-0.2, -0.15) is 5.10 Å². The van der Waals surface area contributed by atoms with Gasteiger partial charge in [-0.1, -0.05) is 12.1 Å². The third-order valence-electron chi connectivity index (χ3n) is 5.28. The Morgan fingerprint density at radius 3 is 3.04 bits per heavy atom. The molecule has 1 saturated heterocycles. The maximum Gasteiger partial charge on any atom is 0.193 e. The number of nitrogens with one attached hydrogen (secondary N) is 1. The van der Waals surface area contributed by atoms with Crippen LogP contribution < -0.4 is 5.32 Å². The summed E-state index contributed by atoms with van der Waals surface area (Å²) in [5, 5.41) is 7.82. The molecule has 3 aromatic rings. The Kier molecular flexibility index (Phi) is 5.09. The molecule has 4 rings (SSSR count). The summed E-state index contributed by atoms with van der Waals surface area (Å²) in [7, 11) is 3.84. The van der Waals surface area contributed by atoms with Crippen LogP contribution in [0.25, 0.3) is 11.0 Å². The summed E-state index contributed by atoms with van der Waals surface area (Å²) in [5.41, 5.74) is 3.57. The van der Waals surface area contributed by atoms with Crippen LogP contribution in [0, 0.1) is 0 Å². The lowest BCUT2D eigenvalue weighted by Gasteiger charge is -2.21. The van der Waals surface area contributed by atoms with Crippen molar-refractivity contribution in [1.82, 2.24) is 29.5 Å². The zero-order valence-electron chi connectivity index (χ0n) is 16.0. The van der Waals surface area contributed by atoms with E-state index in [1.807, 2.05) is 37.4 Å². The second-order valence-electron chi connectivity index (χ2n) is 7.13. The van der Waals surface area contributed by atoms with Crippen molar-refractivity contribution in [3.8, 4) is 0 Å². The minimum atomic E-state index is 0.537. The lowest BCUT2D eigenvalue weighted by Crippen LogP contribution is -2.40. The summed E-state index contributed by atoms with van der Waals surface area (Å²) in [5.74, 6) is 1.53. The number of fused-ring (bicyclic) bond motifs is 1. The molecule has 7 nitrogen and oxygen atoms in total. The summed E-state index contributed by atoms with van der Waals surface area (Å²) in [6.45, 7) is 3.87. The average molecular weight is 365 g/mol. The van der Waals surface area contributed by atoms with Gasteiger partial charge in [0.1, 0.15) is 0 Å². The third kappa shape index (κ3) is 3.82. The standard InChI is InChI=1S/C20H27N7/c1-21-20(26-11-8-16(14-26)17-12-24-25(2)13-17)22-9-5-10-27-15-23-18-6-3-4-7-19(18)27/h3-4,6-7,12-13,15-16H,5,8-11,14H2,1-2H3,(H,21,22). The summed E-state index contributed by atoms with van der Waals surface area (Å²) in [6, 6.07) is 8.27. The second kappa shape index (κ2) is 7.82. The Morgan fingerprint density at radius 2 is 2.22 bits per heavy atom. The molecular formula is C20H27N7. The lowest BCUT2D eigenvalue weighted by atomic mass is 10.0. The van der Waals surface area contributed by atoms with Gasteiger partial charge in [-0.3, -0.25) is 9.67 Å². The van der Waals surface area contributed by atoms with Crippen molar-refractivity contribution in [3.05, 3.63) is 48.5 Å². The van der Waals surface area contributed by atoms with Crippen molar-refractivity contribution in [2.24, 2.45) is 12.0 Å². The van der Waals surface area contributed by atoms with Crippen LogP contribution in [0.15, 0.2) is 48.0 Å². The fourth-order valence-electron chi connectivity index (χ4n) is 3.85. The Bertz CT molecular complexity index is 923. The van der Waals surface area contributed by atoms with Gasteiger partial charge < -0.3 is 14.8 Å². The number of likely N-dealkylation sites (tertiary alicyclic amines) is 1. The van der Waals surface area contributed by atoms with E-state index >= 15 is 0 Å². The molecule has 0 amide bonds. The largest absolute Gasteiger partial charge is 0.356 e. The Balaban J connectivity index is 1.27. The van der Waals surface area contributed by atoms with Gasteiger partial charge in [0.25, 0.3) is 0 Å². The van der Waals surface area contributed by atoms with Crippen molar-refractivity contribution in [1.29, 1.82) is 0 Å². The fraction of sp³-hybridized carbons (Fsp3) is 0.450. The first-order valence-electron chi connectivity index (χ1n) is 9.58. The van der Waals surface area contributed by atoms with Crippen molar-refractivity contribution in [2.45, 2.75) is 25.3 Å². The van der Waals surface area contributed by atoms with E-state index in [9.17, 15) is 0 Å². The zero-order valence-corrected chi connectivity index (χ0v) is 16.0. The molecule has 0 aliphatic carbocycles. The predicted molar refractivity (Wildman–Crippen MR) is 108 cm³/mol. The van der Waals surface area contributed by atoms with Gasteiger partial charge in [-0.05, 0) is 30.5 Å². The van der Waals surface area contributed by atoms with Crippen molar-refractivity contribution >= 4 is 17.0 Å². The molecule has 0 saturated carbocycles.